The van der Waals surface area contributed by atoms with Crippen LogP contribution in [0.15, 0.2) is 30.3 Å². The van der Waals surface area contributed by atoms with E-state index in [-0.39, 0.29) is 12.3 Å². The number of nitrogens with one attached hydrogen (secondary N) is 1. The highest BCUT2D eigenvalue weighted by atomic mass is 32.1. The molecule has 2 N–H and O–H groups in total. The zero-order valence-electron chi connectivity index (χ0n) is 11.8. The third-order valence-electron chi connectivity index (χ3n) is 3.00. The maximum Gasteiger partial charge on any atom is 0.305 e. The van der Waals surface area contributed by atoms with E-state index in [0.29, 0.717) is 10.6 Å². The third-order valence-corrected chi connectivity index (χ3v) is 4.07. The van der Waals surface area contributed by atoms with Crippen molar-refractivity contribution in [2.75, 3.05) is 0 Å². The van der Waals surface area contributed by atoms with Gasteiger partial charge in [0.05, 0.1) is 23.2 Å². The maximum absolute atomic E-state index is 12.3. The largest absolute Gasteiger partial charge is 0.481 e. The fourth-order valence-electron chi connectivity index (χ4n) is 2.08. The Bertz CT molecular complexity index is 652. The molecule has 1 aromatic heterocycles. The first kappa shape index (κ1) is 15.2. The molecule has 1 heterocycles. The van der Waals surface area contributed by atoms with Crippen molar-refractivity contribution >= 4 is 23.2 Å². The van der Waals surface area contributed by atoms with Gasteiger partial charge in [-0.25, -0.2) is 4.98 Å². The van der Waals surface area contributed by atoms with E-state index in [1.165, 1.54) is 11.3 Å². The SMILES string of the molecule is Cc1nc(C)c(C(=O)N[C@@H](CC(=O)O)c2ccccc2)s1. The van der Waals surface area contributed by atoms with Gasteiger partial charge in [-0.15, -0.1) is 11.3 Å². The molecule has 2 rings (SSSR count). The van der Waals surface area contributed by atoms with Gasteiger partial charge >= 0.3 is 5.97 Å². The van der Waals surface area contributed by atoms with Crippen LogP contribution in [0, 0.1) is 13.8 Å². The van der Waals surface area contributed by atoms with Gasteiger partial charge in [0.15, 0.2) is 0 Å². The van der Waals surface area contributed by atoms with Crippen LogP contribution in [0.4, 0.5) is 0 Å². The second-order valence-corrected chi connectivity index (χ2v) is 5.89. The Morgan fingerprint density at radius 1 is 1.29 bits per heavy atom. The topological polar surface area (TPSA) is 79.3 Å². The van der Waals surface area contributed by atoms with E-state index in [1.807, 2.05) is 25.1 Å². The smallest absolute Gasteiger partial charge is 0.305 e. The average Bonchev–Trinajstić information content (AvgIpc) is 2.77. The monoisotopic (exact) mass is 304 g/mol. The van der Waals surface area contributed by atoms with Crippen molar-refractivity contribution in [3.8, 4) is 0 Å². The Morgan fingerprint density at radius 2 is 1.95 bits per heavy atom. The molecule has 0 aliphatic rings. The number of rotatable bonds is 5. The molecule has 0 saturated carbocycles. The summed E-state index contributed by atoms with van der Waals surface area (Å²) in [6.45, 7) is 3.60. The third kappa shape index (κ3) is 3.88. The summed E-state index contributed by atoms with van der Waals surface area (Å²) in [6, 6.07) is 8.53. The Hall–Kier alpha value is -2.21. The summed E-state index contributed by atoms with van der Waals surface area (Å²) in [5.41, 5.74) is 1.43. The van der Waals surface area contributed by atoms with Crippen molar-refractivity contribution < 1.29 is 14.7 Å². The lowest BCUT2D eigenvalue weighted by Gasteiger charge is -2.17. The molecule has 0 fully saturated rings. The molecule has 6 heteroatoms. The minimum absolute atomic E-state index is 0.160. The van der Waals surface area contributed by atoms with Crippen LogP contribution in [-0.4, -0.2) is 22.0 Å². The van der Waals surface area contributed by atoms with Gasteiger partial charge in [0, 0.05) is 0 Å². The summed E-state index contributed by atoms with van der Waals surface area (Å²) in [5, 5.41) is 12.6. The molecule has 0 unspecified atom stereocenters. The van der Waals surface area contributed by atoms with Crippen LogP contribution in [0.2, 0.25) is 0 Å². The zero-order chi connectivity index (χ0) is 15.4. The number of hydrogen-bond acceptors (Lipinski definition) is 4. The summed E-state index contributed by atoms with van der Waals surface area (Å²) in [4.78, 5) is 28.1. The number of hydrogen-bond donors (Lipinski definition) is 2. The molecule has 0 saturated heterocycles. The Balaban J connectivity index is 2.21. The molecule has 5 nitrogen and oxygen atoms in total. The van der Waals surface area contributed by atoms with Crippen LogP contribution in [0.25, 0.3) is 0 Å². The van der Waals surface area contributed by atoms with Crippen molar-refractivity contribution in [3.63, 3.8) is 0 Å². The molecule has 21 heavy (non-hydrogen) atoms. The van der Waals surface area contributed by atoms with E-state index in [1.54, 1.807) is 19.1 Å². The molecule has 0 bridgehead atoms. The van der Waals surface area contributed by atoms with E-state index in [4.69, 9.17) is 5.11 Å². The molecule has 0 radical (unpaired) electrons. The molecule has 1 atom stereocenters. The lowest BCUT2D eigenvalue weighted by molar-refractivity contribution is -0.137. The van der Waals surface area contributed by atoms with Gasteiger partial charge in [0.2, 0.25) is 0 Å². The summed E-state index contributed by atoms with van der Waals surface area (Å²) in [5.74, 6) is -1.24. The predicted octanol–water partition coefficient (Wildman–Crippen LogP) is 2.71. The van der Waals surface area contributed by atoms with Gasteiger partial charge in [0.1, 0.15) is 4.88 Å². The Labute approximate surface area is 126 Å². The number of nitrogens with zero attached hydrogens (tertiary/aromatic N) is 1. The molecule has 0 spiro atoms. The number of carboxylic acid groups (broad SMARTS) is 1. The fraction of sp³-hybridized carbons (Fsp3) is 0.267. The van der Waals surface area contributed by atoms with Crippen molar-refractivity contribution in [1.82, 2.24) is 10.3 Å². The molecule has 1 amide bonds. The fourth-order valence-corrected chi connectivity index (χ4v) is 2.90. The van der Waals surface area contributed by atoms with E-state index in [9.17, 15) is 9.59 Å². The first-order chi connectivity index (χ1) is 9.97. The standard InChI is InChI=1S/C15H16N2O3S/c1-9-14(21-10(2)16-9)15(20)17-12(8-13(18)19)11-6-4-3-5-7-11/h3-7,12H,8H2,1-2H3,(H,17,20)(H,18,19)/t12-/m0/s1. The lowest BCUT2D eigenvalue weighted by atomic mass is 10.0. The second kappa shape index (κ2) is 6.49. The van der Waals surface area contributed by atoms with Crippen molar-refractivity contribution in [1.29, 1.82) is 0 Å². The lowest BCUT2D eigenvalue weighted by Crippen LogP contribution is -2.30. The van der Waals surface area contributed by atoms with Gasteiger partial charge in [-0.2, -0.15) is 0 Å². The zero-order valence-corrected chi connectivity index (χ0v) is 12.6. The first-order valence-corrected chi connectivity index (χ1v) is 7.30. The van der Waals surface area contributed by atoms with Crippen LogP contribution in [0.5, 0.6) is 0 Å². The maximum atomic E-state index is 12.3. The highest BCUT2D eigenvalue weighted by Crippen LogP contribution is 2.21. The van der Waals surface area contributed by atoms with Gasteiger partial charge in [-0.05, 0) is 19.4 Å². The number of benzene rings is 1. The minimum atomic E-state index is -0.957. The molecule has 0 aliphatic carbocycles. The summed E-state index contributed by atoms with van der Waals surface area (Å²) in [6.07, 6.45) is -0.160. The number of carbonyl (C=O) groups excluding carboxylic acids is 1. The van der Waals surface area contributed by atoms with Crippen LogP contribution in [0.3, 0.4) is 0 Å². The number of amides is 1. The van der Waals surface area contributed by atoms with Gasteiger partial charge in [-0.1, -0.05) is 30.3 Å². The molecule has 1 aromatic carbocycles. The first-order valence-electron chi connectivity index (χ1n) is 6.49. The molecular weight excluding hydrogens is 288 g/mol. The summed E-state index contributed by atoms with van der Waals surface area (Å²) in [7, 11) is 0. The highest BCUT2D eigenvalue weighted by molar-refractivity contribution is 7.13. The summed E-state index contributed by atoms with van der Waals surface area (Å²) < 4.78 is 0. The van der Waals surface area contributed by atoms with E-state index >= 15 is 0 Å². The van der Waals surface area contributed by atoms with Gasteiger partial charge in [-0.3, -0.25) is 9.59 Å². The average molecular weight is 304 g/mol. The Kier molecular flexibility index (Phi) is 4.70. The van der Waals surface area contributed by atoms with E-state index in [2.05, 4.69) is 10.3 Å². The van der Waals surface area contributed by atoms with E-state index < -0.39 is 12.0 Å². The number of aliphatic carboxylic acids is 1. The second-order valence-electron chi connectivity index (χ2n) is 4.68. The molecule has 0 aliphatic heterocycles. The van der Waals surface area contributed by atoms with Crippen LogP contribution in [-0.2, 0) is 4.79 Å². The molecule has 2 aromatic rings. The van der Waals surface area contributed by atoms with Crippen molar-refractivity contribution in [2.24, 2.45) is 0 Å². The number of aryl methyl sites for hydroxylation is 2. The molecule has 110 valence electrons. The Morgan fingerprint density at radius 3 is 2.48 bits per heavy atom. The van der Waals surface area contributed by atoms with Crippen LogP contribution in [0.1, 0.15) is 38.4 Å². The number of thiazole rings is 1. The summed E-state index contributed by atoms with van der Waals surface area (Å²) >= 11 is 1.31. The quantitative estimate of drug-likeness (QED) is 0.890. The van der Waals surface area contributed by atoms with E-state index in [0.717, 1.165) is 10.6 Å². The van der Waals surface area contributed by atoms with Crippen molar-refractivity contribution in [2.45, 2.75) is 26.3 Å². The van der Waals surface area contributed by atoms with Crippen LogP contribution >= 0.6 is 11.3 Å². The van der Waals surface area contributed by atoms with Crippen molar-refractivity contribution in [3.05, 3.63) is 51.5 Å². The van der Waals surface area contributed by atoms with Gasteiger partial charge < -0.3 is 10.4 Å². The normalized spacial score (nSPS) is 11.9. The van der Waals surface area contributed by atoms with Crippen LogP contribution < -0.4 is 5.32 Å². The number of aromatic nitrogens is 1. The minimum Gasteiger partial charge on any atom is -0.481 e. The molecular formula is C15H16N2O3S. The highest BCUT2D eigenvalue weighted by Gasteiger charge is 2.21. The van der Waals surface area contributed by atoms with Gasteiger partial charge in [0.25, 0.3) is 5.91 Å². The predicted molar refractivity (Wildman–Crippen MR) is 80.5 cm³/mol. The number of carboxylic acids is 1. The number of carbonyl (C=O) groups is 2.